The Hall–Kier alpha value is -2.50. The molecule has 1 aromatic carbocycles. The first-order valence-electron chi connectivity index (χ1n) is 8.89. The Morgan fingerprint density at radius 3 is 2.64 bits per heavy atom. The number of anilines is 2. The molecule has 2 N–H and O–H groups in total. The van der Waals surface area contributed by atoms with E-state index in [4.69, 9.17) is 0 Å². The molecule has 3 rings (SSSR count). The lowest BCUT2D eigenvalue weighted by Crippen LogP contribution is -2.11. The van der Waals surface area contributed by atoms with Gasteiger partial charge in [0.15, 0.2) is 5.82 Å². The summed E-state index contributed by atoms with van der Waals surface area (Å²) in [6.07, 6.45) is 10.8. The van der Waals surface area contributed by atoms with E-state index in [9.17, 15) is 4.39 Å². The molecule has 6 heteroatoms. The van der Waals surface area contributed by atoms with Crippen molar-refractivity contribution in [3.8, 4) is 0 Å². The van der Waals surface area contributed by atoms with E-state index >= 15 is 0 Å². The van der Waals surface area contributed by atoms with Gasteiger partial charge in [-0.15, -0.1) is 5.10 Å². The number of rotatable bonds is 8. The third kappa shape index (κ3) is 5.81. The number of benzene rings is 1. The van der Waals surface area contributed by atoms with Crippen LogP contribution in [0.15, 0.2) is 42.1 Å². The van der Waals surface area contributed by atoms with E-state index in [-0.39, 0.29) is 5.82 Å². The third-order valence-electron chi connectivity index (χ3n) is 4.31. The lowest BCUT2D eigenvalue weighted by atomic mass is 9.97. The average Bonchev–Trinajstić information content (AvgIpc) is 2.65. The van der Waals surface area contributed by atoms with E-state index in [1.165, 1.54) is 43.4 Å². The van der Waals surface area contributed by atoms with E-state index < -0.39 is 0 Å². The molecule has 25 heavy (non-hydrogen) atoms. The van der Waals surface area contributed by atoms with E-state index in [0.29, 0.717) is 18.3 Å². The van der Waals surface area contributed by atoms with Crippen molar-refractivity contribution >= 4 is 11.8 Å². The summed E-state index contributed by atoms with van der Waals surface area (Å²) in [6.45, 7) is 1.53. The minimum Gasteiger partial charge on any atom is -0.368 e. The van der Waals surface area contributed by atoms with Crippen LogP contribution < -0.4 is 10.6 Å². The maximum absolute atomic E-state index is 12.9. The van der Waals surface area contributed by atoms with Crippen molar-refractivity contribution in [2.45, 2.75) is 38.5 Å². The number of halogens is 1. The van der Waals surface area contributed by atoms with E-state index in [0.717, 1.165) is 24.9 Å². The Morgan fingerprint density at radius 2 is 1.84 bits per heavy atom. The van der Waals surface area contributed by atoms with Gasteiger partial charge in [-0.1, -0.05) is 23.8 Å². The zero-order valence-electron chi connectivity index (χ0n) is 14.3. The Balaban J connectivity index is 1.42. The molecule has 0 spiro atoms. The molecule has 0 saturated heterocycles. The van der Waals surface area contributed by atoms with Gasteiger partial charge < -0.3 is 10.6 Å². The third-order valence-corrected chi connectivity index (χ3v) is 4.31. The first-order valence-corrected chi connectivity index (χ1v) is 8.89. The highest BCUT2D eigenvalue weighted by atomic mass is 19.1. The first-order chi connectivity index (χ1) is 12.3. The summed E-state index contributed by atoms with van der Waals surface area (Å²) in [5.41, 5.74) is 2.61. The molecule has 2 aromatic rings. The van der Waals surface area contributed by atoms with Gasteiger partial charge in [0, 0.05) is 13.1 Å². The van der Waals surface area contributed by atoms with E-state index in [1.54, 1.807) is 18.3 Å². The maximum atomic E-state index is 12.9. The molecule has 0 saturated carbocycles. The summed E-state index contributed by atoms with van der Waals surface area (Å²) in [7, 11) is 0. The summed E-state index contributed by atoms with van der Waals surface area (Å²) < 4.78 is 12.9. The molecule has 0 aliphatic heterocycles. The standard InChI is InChI=1S/C19H24FN5/c20-17-8-6-16(7-9-17)10-12-21-18-14-23-25-19(24-18)22-13-11-15-4-2-1-3-5-15/h4,6-9,14H,1-3,5,10-13H2,(H2,21,22,24,25). The van der Waals surface area contributed by atoms with Crippen molar-refractivity contribution < 1.29 is 4.39 Å². The van der Waals surface area contributed by atoms with Crippen molar-refractivity contribution in [2.24, 2.45) is 0 Å². The van der Waals surface area contributed by atoms with Crippen LogP contribution in [0, 0.1) is 5.82 Å². The van der Waals surface area contributed by atoms with Crippen LogP contribution in [0.1, 0.15) is 37.7 Å². The molecular weight excluding hydrogens is 317 g/mol. The van der Waals surface area contributed by atoms with Gasteiger partial charge in [-0.05, 0) is 56.2 Å². The average molecular weight is 341 g/mol. The monoisotopic (exact) mass is 341 g/mol. The summed E-state index contributed by atoms with van der Waals surface area (Å²) in [6, 6.07) is 6.54. The van der Waals surface area contributed by atoms with Gasteiger partial charge in [-0.3, -0.25) is 0 Å². The number of hydrogen-bond acceptors (Lipinski definition) is 5. The second kappa shape index (κ2) is 9.11. The number of nitrogens with zero attached hydrogens (tertiary/aromatic N) is 3. The highest BCUT2D eigenvalue weighted by Gasteiger charge is 2.04. The van der Waals surface area contributed by atoms with Gasteiger partial charge >= 0.3 is 0 Å². The smallest absolute Gasteiger partial charge is 0.244 e. The van der Waals surface area contributed by atoms with Crippen LogP contribution in [-0.2, 0) is 6.42 Å². The topological polar surface area (TPSA) is 62.7 Å². The highest BCUT2D eigenvalue weighted by molar-refractivity contribution is 5.37. The van der Waals surface area contributed by atoms with Crippen LogP contribution in [0.25, 0.3) is 0 Å². The Labute approximate surface area is 147 Å². The number of allylic oxidation sites excluding steroid dienone is 1. The Kier molecular flexibility index (Phi) is 6.31. The summed E-state index contributed by atoms with van der Waals surface area (Å²) in [5, 5.41) is 14.5. The number of aromatic nitrogens is 3. The second-order valence-electron chi connectivity index (χ2n) is 6.25. The van der Waals surface area contributed by atoms with Crippen molar-refractivity contribution in [1.82, 2.24) is 15.2 Å². The molecule has 1 aromatic heterocycles. The molecule has 0 amide bonds. The van der Waals surface area contributed by atoms with Crippen LogP contribution in [0.3, 0.4) is 0 Å². The van der Waals surface area contributed by atoms with Gasteiger partial charge in [0.2, 0.25) is 5.95 Å². The van der Waals surface area contributed by atoms with Crippen molar-refractivity contribution in [2.75, 3.05) is 23.7 Å². The predicted octanol–water partition coefficient (Wildman–Crippen LogP) is 3.97. The minimum atomic E-state index is -0.212. The van der Waals surface area contributed by atoms with Crippen LogP contribution in [-0.4, -0.2) is 28.3 Å². The van der Waals surface area contributed by atoms with Gasteiger partial charge in [-0.2, -0.15) is 10.1 Å². The normalized spacial score (nSPS) is 14.0. The lowest BCUT2D eigenvalue weighted by molar-refractivity contribution is 0.627. The molecule has 0 fully saturated rings. The number of nitrogens with one attached hydrogen (secondary N) is 2. The van der Waals surface area contributed by atoms with Gasteiger partial charge in [0.25, 0.3) is 0 Å². The molecule has 0 radical (unpaired) electrons. The molecule has 5 nitrogen and oxygen atoms in total. The van der Waals surface area contributed by atoms with Crippen LogP contribution in [0.5, 0.6) is 0 Å². The van der Waals surface area contributed by atoms with Crippen LogP contribution >= 0.6 is 0 Å². The van der Waals surface area contributed by atoms with Crippen LogP contribution in [0.4, 0.5) is 16.2 Å². The Bertz CT molecular complexity index is 699. The fraction of sp³-hybridized carbons (Fsp3) is 0.421. The minimum absolute atomic E-state index is 0.212. The molecule has 0 unspecified atom stereocenters. The summed E-state index contributed by atoms with van der Waals surface area (Å²) in [4.78, 5) is 4.43. The second-order valence-corrected chi connectivity index (χ2v) is 6.25. The van der Waals surface area contributed by atoms with Crippen LogP contribution in [0.2, 0.25) is 0 Å². The first kappa shape index (κ1) is 17.3. The van der Waals surface area contributed by atoms with Crippen molar-refractivity contribution in [3.05, 3.63) is 53.5 Å². The molecule has 0 atom stereocenters. The predicted molar refractivity (Wildman–Crippen MR) is 98.1 cm³/mol. The van der Waals surface area contributed by atoms with E-state index in [1.807, 2.05) is 0 Å². The molecular formula is C19H24FN5. The molecule has 132 valence electrons. The maximum Gasteiger partial charge on any atom is 0.244 e. The molecule has 1 aliphatic rings. The highest BCUT2D eigenvalue weighted by Crippen LogP contribution is 2.19. The largest absolute Gasteiger partial charge is 0.368 e. The van der Waals surface area contributed by atoms with Crippen molar-refractivity contribution in [3.63, 3.8) is 0 Å². The van der Waals surface area contributed by atoms with Gasteiger partial charge in [-0.25, -0.2) is 4.39 Å². The fourth-order valence-corrected chi connectivity index (χ4v) is 2.92. The lowest BCUT2D eigenvalue weighted by Gasteiger charge is -2.13. The number of hydrogen-bond donors (Lipinski definition) is 2. The molecule has 0 bridgehead atoms. The van der Waals surface area contributed by atoms with Crippen molar-refractivity contribution in [1.29, 1.82) is 0 Å². The van der Waals surface area contributed by atoms with Gasteiger partial charge in [0.1, 0.15) is 5.82 Å². The quantitative estimate of drug-likeness (QED) is 0.712. The molecule has 1 heterocycles. The summed E-state index contributed by atoms with van der Waals surface area (Å²) in [5.74, 6) is 1.02. The fourth-order valence-electron chi connectivity index (χ4n) is 2.92. The zero-order valence-corrected chi connectivity index (χ0v) is 14.3. The summed E-state index contributed by atoms with van der Waals surface area (Å²) >= 11 is 0. The van der Waals surface area contributed by atoms with Gasteiger partial charge in [0.05, 0.1) is 6.20 Å². The SMILES string of the molecule is Fc1ccc(CCNc2cnnc(NCCC3=CCCCC3)n2)cc1. The molecule has 1 aliphatic carbocycles. The zero-order chi connectivity index (χ0) is 17.3. The Morgan fingerprint density at radius 1 is 1.00 bits per heavy atom. The van der Waals surface area contributed by atoms with E-state index in [2.05, 4.69) is 31.9 Å².